The molecule has 5 heterocycles. The zero-order valence-corrected chi connectivity index (χ0v) is 21.1. The fraction of sp³-hybridized carbons (Fsp3) is 0.444. The van der Waals surface area contributed by atoms with Crippen molar-refractivity contribution in [2.75, 3.05) is 37.7 Å². The summed E-state index contributed by atoms with van der Waals surface area (Å²) >= 11 is 0. The lowest BCUT2D eigenvalue weighted by Gasteiger charge is -2.28. The molecular weight excluding hydrogens is 468 g/mol. The molecule has 10 heteroatoms. The predicted octanol–water partition coefficient (Wildman–Crippen LogP) is 2.61. The summed E-state index contributed by atoms with van der Waals surface area (Å²) in [4.78, 5) is 33.2. The predicted molar refractivity (Wildman–Crippen MR) is 144 cm³/mol. The van der Waals surface area contributed by atoms with Crippen LogP contribution in [0.4, 0.5) is 5.82 Å². The number of imidazole rings is 1. The van der Waals surface area contributed by atoms with Crippen molar-refractivity contribution in [3.05, 3.63) is 53.7 Å². The zero-order chi connectivity index (χ0) is 25.6. The molecular formula is C27H34N8O2. The Labute approximate surface area is 216 Å². The summed E-state index contributed by atoms with van der Waals surface area (Å²) in [5.41, 5.74) is 16.3. The van der Waals surface area contributed by atoms with Crippen molar-refractivity contribution in [1.82, 2.24) is 24.5 Å². The second-order valence-electron chi connectivity index (χ2n) is 9.37. The van der Waals surface area contributed by atoms with Crippen LogP contribution in [0.5, 0.6) is 0 Å². The first-order valence-electron chi connectivity index (χ1n) is 13.1. The monoisotopic (exact) mass is 502 g/mol. The average molecular weight is 503 g/mol. The van der Waals surface area contributed by atoms with Crippen molar-refractivity contribution in [1.29, 1.82) is 0 Å². The molecule has 37 heavy (non-hydrogen) atoms. The van der Waals surface area contributed by atoms with Crippen molar-refractivity contribution >= 4 is 33.8 Å². The lowest BCUT2D eigenvalue weighted by molar-refractivity contribution is 0.0998. The molecule has 0 radical (unpaired) electrons. The van der Waals surface area contributed by atoms with Gasteiger partial charge in [0.15, 0.2) is 0 Å². The van der Waals surface area contributed by atoms with Crippen LogP contribution in [0.2, 0.25) is 0 Å². The van der Waals surface area contributed by atoms with Gasteiger partial charge in [0.05, 0.1) is 41.7 Å². The second-order valence-corrected chi connectivity index (χ2v) is 9.37. The minimum absolute atomic E-state index is 0.441. The fourth-order valence-electron chi connectivity index (χ4n) is 4.97. The zero-order valence-electron chi connectivity index (χ0n) is 21.1. The summed E-state index contributed by atoms with van der Waals surface area (Å²) < 4.78 is 7.75. The molecule has 4 aromatic heterocycles. The van der Waals surface area contributed by atoms with Crippen molar-refractivity contribution in [3.8, 4) is 0 Å². The molecule has 0 bridgehead atoms. The quantitative estimate of drug-likeness (QED) is 0.299. The summed E-state index contributed by atoms with van der Waals surface area (Å²) in [7, 11) is 0. The van der Waals surface area contributed by atoms with Crippen LogP contribution in [0.15, 0.2) is 36.7 Å². The molecule has 1 saturated heterocycles. The van der Waals surface area contributed by atoms with E-state index in [0.29, 0.717) is 31.7 Å². The van der Waals surface area contributed by atoms with Crippen LogP contribution in [0.25, 0.3) is 22.1 Å². The maximum Gasteiger partial charge on any atom is 0.250 e. The Morgan fingerprint density at radius 3 is 2.62 bits per heavy atom. The molecule has 0 atom stereocenters. The van der Waals surface area contributed by atoms with E-state index in [1.54, 1.807) is 12.3 Å². The molecule has 0 unspecified atom stereocenters. The molecule has 1 aliphatic rings. The van der Waals surface area contributed by atoms with E-state index >= 15 is 0 Å². The Bertz CT molecular complexity index is 1380. The van der Waals surface area contributed by atoms with Crippen LogP contribution < -0.4 is 16.4 Å². The molecule has 0 saturated carbocycles. The summed E-state index contributed by atoms with van der Waals surface area (Å²) in [5, 5.41) is 0. The van der Waals surface area contributed by atoms with Gasteiger partial charge in [-0.1, -0.05) is 0 Å². The Balaban J connectivity index is 1.35. The molecule has 194 valence electrons. The lowest BCUT2D eigenvalue weighted by atomic mass is 10.1. The van der Waals surface area contributed by atoms with Gasteiger partial charge >= 0.3 is 0 Å². The molecule has 5 rings (SSSR count). The third-order valence-electron chi connectivity index (χ3n) is 6.87. The highest BCUT2D eigenvalue weighted by Gasteiger charge is 2.18. The number of aromatic nitrogens is 5. The SMILES string of the molecule is NCCCCc1nc2cnc3cccnc3c2n1CCCCc1nc(N2CCOCC2)ccc1C(N)=O. The third kappa shape index (κ3) is 5.55. The van der Waals surface area contributed by atoms with E-state index in [-0.39, 0.29) is 0 Å². The van der Waals surface area contributed by atoms with Gasteiger partial charge in [-0.15, -0.1) is 0 Å². The van der Waals surface area contributed by atoms with E-state index in [4.69, 9.17) is 26.2 Å². The molecule has 4 N–H and O–H groups in total. The number of aryl methyl sites for hydroxylation is 3. The molecule has 0 aromatic carbocycles. The van der Waals surface area contributed by atoms with E-state index in [0.717, 1.165) is 91.1 Å². The van der Waals surface area contributed by atoms with Gasteiger partial charge in [0.2, 0.25) is 0 Å². The minimum Gasteiger partial charge on any atom is -0.378 e. The number of hydrogen-bond acceptors (Lipinski definition) is 8. The largest absolute Gasteiger partial charge is 0.378 e. The van der Waals surface area contributed by atoms with Crippen LogP contribution in [-0.2, 0) is 24.1 Å². The number of unbranched alkanes of at least 4 members (excludes halogenated alkanes) is 2. The lowest BCUT2D eigenvalue weighted by Crippen LogP contribution is -2.37. The molecule has 0 aliphatic carbocycles. The smallest absolute Gasteiger partial charge is 0.250 e. The molecule has 0 spiro atoms. The van der Waals surface area contributed by atoms with Gasteiger partial charge in [-0.2, -0.15) is 0 Å². The van der Waals surface area contributed by atoms with Gasteiger partial charge in [-0.3, -0.25) is 14.8 Å². The molecule has 1 amide bonds. The molecule has 10 nitrogen and oxygen atoms in total. The number of morpholine rings is 1. The summed E-state index contributed by atoms with van der Waals surface area (Å²) in [5.74, 6) is 1.47. The number of fused-ring (bicyclic) bond motifs is 3. The highest BCUT2D eigenvalue weighted by molar-refractivity contribution is 5.99. The Morgan fingerprint density at radius 1 is 0.973 bits per heavy atom. The maximum absolute atomic E-state index is 12.1. The number of rotatable bonds is 11. The normalized spacial score (nSPS) is 14.0. The van der Waals surface area contributed by atoms with E-state index in [2.05, 4.69) is 19.4 Å². The Hall–Kier alpha value is -3.63. The maximum atomic E-state index is 12.1. The number of carbonyl (C=O) groups excluding carboxylic acids is 1. The van der Waals surface area contributed by atoms with Crippen molar-refractivity contribution < 1.29 is 9.53 Å². The van der Waals surface area contributed by atoms with Crippen molar-refractivity contribution in [2.24, 2.45) is 11.5 Å². The first-order valence-corrected chi connectivity index (χ1v) is 13.1. The average Bonchev–Trinajstić information content (AvgIpc) is 3.29. The third-order valence-corrected chi connectivity index (χ3v) is 6.87. The molecule has 4 aromatic rings. The highest BCUT2D eigenvalue weighted by Crippen LogP contribution is 2.25. The Morgan fingerprint density at radius 2 is 1.81 bits per heavy atom. The van der Waals surface area contributed by atoms with Crippen LogP contribution >= 0.6 is 0 Å². The molecule has 1 fully saturated rings. The number of nitrogens with two attached hydrogens (primary N) is 2. The number of anilines is 1. The first-order chi connectivity index (χ1) is 18.2. The van der Waals surface area contributed by atoms with Crippen LogP contribution in [0.3, 0.4) is 0 Å². The number of carbonyl (C=O) groups is 1. The summed E-state index contributed by atoms with van der Waals surface area (Å²) in [6.07, 6.45) is 8.86. The number of pyridine rings is 3. The minimum atomic E-state index is -0.441. The van der Waals surface area contributed by atoms with Gasteiger partial charge in [0.25, 0.3) is 5.91 Å². The van der Waals surface area contributed by atoms with Gasteiger partial charge < -0.3 is 25.7 Å². The van der Waals surface area contributed by atoms with Gasteiger partial charge in [0, 0.05) is 32.3 Å². The number of amides is 1. The van der Waals surface area contributed by atoms with Crippen LogP contribution in [0.1, 0.15) is 47.6 Å². The van der Waals surface area contributed by atoms with Crippen molar-refractivity contribution in [3.63, 3.8) is 0 Å². The standard InChI is InChI=1S/C27H34N8O2/c28-11-3-1-8-24-33-22-18-31-21-7-5-12-30-25(21)26(22)35(24)13-4-2-6-20-19(27(29)36)9-10-23(32-20)34-14-16-37-17-15-34/h5,7,9-10,12,18H,1-4,6,8,11,13-17,28H2,(H2,29,36). The topological polar surface area (TPSA) is 138 Å². The van der Waals surface area contributed by atoms with Crippen LogP contribution in [0, 0.1) is 0 Å². The summed E-state index contributed by atoms with van der Waals surface area (Å²) in [6.45, 7) is 4.41. The highest BCUT2D eigenvalue weighted by atomic mass is 16.5. The van der Waals surface area contributed by atoms with Crippen molar-refractivity contribution in [2.45, 2.75) is 45.1 Å². The van der Waals surface area contributed by atoms with E-state index in [9.17, 15) is 4.79 Å². The number of hydrogen-bond donors (Lipinski definition) is 2. The Kier molecular flexibility index (Phi) is 7.86. The number of primary amides is 1. The van der Waals surface area contributed by atoms with Gasteiger partial charge in [0.1, 0.15) is 22.7 Å². The van der Waals surface area contributed by atoms with Crippen LogP contribution in [-0.4, -0.2) is 63.3 Å². The number of nitrogens with zero attached hydrogens (tertiary/aromatic N) is 6. The van der Waals surface area contributed by atoms with Gasteiger partial charge in [-0.05, 0) is 62.9 Å². The molecule has 1 aliphatic heterocycles. The summed E-state index contributed by atoms with van der Waals surface area (Å²) in [6, 6.07) is 7.57. The van der Waals surface area contributed by atoms with E-state index in [1.807, 2.05) is 24.4 Å². The second kappa shape index (κ2) is 11.6. The number of ether oxygens (including phenoxy) is 1. The first kappa shape index (κ1) is 25.0. The van der Waals surface area contributed by atoms with E-state index in [1.165, 1.54) is 0 Å². The van der Waals surface area contributed by atoms with E-state index < -0.39 is 5.91 Å². The van der Waals surface area contributed by atoms with Gasteiger partial charge in [-0.25, -0.2) is 9.97 Å². The fourth-order valence-corrected chi connectivity index (χ4v) is 4.97.